The third-order valence-corrected chi connectivity index (χ3v) is 7.52. The Balaban J connectivity index is 1.40. The highest BCUT2D eigenvalue weighted by Gasteiger charge is 2.19. The van der Waals surface area contributed by atoms with Crippen molar-refractivity contribution in [2.24, 2.45) is 0 Å². The van der Waals surface area contributed by atoms with E-state index in [2.05, 4.69) is 45.5 Å². The van der Waals surface area contributed by atoms with Crippen molar-refractivity contribution in [2.45, 2.75) is 25.9 Å². The molecule has 0 radical (unpaired) electrons. The van der Waals surface area contributed by atoms with Gasteiger partial charge >= 0.3 is 0 Å². The van der Waals surface area contributed by atoms with Crippen molar-refractivity contribution in [3.05, 3.63) is 77.6 Å². The van der Waals surface area contributed by atoms with E-state index in [0.29, 0.717) is 29.5 Å². The molecule has 8 heteroatoms. The summed E-state index contributed by atoms with van der Waals surface area (Å²) < 4.78 is 24.4. The van der Waals surface area contributed by atoms with Crippen LogP contribution in [-0.2, 0) is 19.5 Å². The minimum Gasteiger partial charge on any atom is -0.493 e. The highest BCUT2D eigenvalue weighted by molar-refractivity contribution is 6.11. The number of aryl methyl sites for hydroxylation is 1. The van der Waals surface area contributed by atoms with E-state index in [1.165, 1.54) is 11.3 Å². The Kier molecular flexibility index (Phi) is 6.60. The molecule has 5 aromatic rings. The minimum absolute atomic E-state index is 0.555. The van der Waals surface area contributed by atoms with Gasteiger partial charge in [-0.2, -0.15) is 0 Å². The Labute approximate surface area is 227 Å². The van der Waals surface area contributed by atoms with Crippen LogP contribution in [0.15, 0.2) is 60.8 Å². The summed E-state index contributed by atoms with van der Waals surface area (Å²) in [6.07, 6.45) is 4.32. The maximum absolute atomic E-state index is 5.65. The number of aromatic nitrogens is 3. The molecule has 4 aromatic carbocycles. The number of rotatable bonds is 8. The highest BCUT2D eigenvalue weighted by Crippen LogP contribution is 2.41. The van der Waals surface area contributed by atoms with E-state index < -0.39 is 0 Å². The predicted octanol–water partition coefficient (Wildman–Crippen LogP) is 5.62. The molecule has 0 saturated carbocycles. The molecule has 1 aliphatic rings. The van der Waals surface area contributed by atoms with Crippen molar-refractivity contribution in [2.75, 3.05) is 39.9 Å². The molecular weight excluding hydrogens is 492 g/mol. The molecule has 0 atom stereocenters. The van der Waals surface area contributed by atoms with Crippen molar-refractivity contribution in [3.8, 4) is 23.0 Å². The van der Waals surface area contributed by atoms with E-state index in [4.69, 9.17) is 18.9 Å². The zero-order valence-corrected chi connectivity index (χ0v) is 22.7. The molecule has 2 heterocycles. The van der Waals surface area contributed by atoms with Crippen LogP contribution < -0.4 is 23.8 Å². The van der Waals surface area contributed by atoms with Crippen LogP contribution in [0.5, 0.6) is 23.0 Å². The lowest BCUT2D eigenvalue weighted by atomic mass is 9.96. The molecule has 0 fully saturated rings. The molecule has 0 amide bonds. The van der Waals surface area contributed by atoms with E-state index in [0.717, 1.165) is 58.7 Å². The lowest BCUT2D eigenvalue weighted by molar-refractivity contribution is 0.355. The standard InChI is InChI=1S/C31H32N4O4/c1-36-28-13-21-12-22(25-15-30(38-3)31(39-4)16-26(25)24(21)14-29(28)37-2)17-35-19-23(32-33-35)18-34-11-7-9-20-8-5-6-10-27(20)34/h5-6,8,10,12-16,19H,7,9,11,17-18H2,1-4H3. The number of fused-ring (bicyclic) bond motifs is 4. The number of anilines is 1. The van der Waals surface area contributed by atoms with E-state index in [1.807, 2.05) is 35.1 Å². The number of ether oxygens (including phenoxy) is 4. The minimum atomic E-state index is 0.555. The smallest absolute Gasteiger partial charge is 0.161 e. The Morgan fingerprint density at radius 3 is 2.15 bits per heavy atom. The number of benzene rings is 4. The van der Waals surface area contributed by atoms with Crippen molar-refractivity contribution in [1.82, 2.24) is 15.0 Å². The van der Waals surface area contributed by atoms with Gasteiger partial charge in [0.15, 0.2) is 23.0 Å². The Bertz CT molecular complexity index is 1660. The van der Waals surface area contributed by atoms with Crippen LogP contribution in [0, 0.1) is 0 Å². The summed E-state index contributed by atoms with van der Waals surface area (Å²) in [5, 5.41) is 13.2. The fourth-order valence-corrected chi connectivity index (χ4v) is 5.65. The largest absolute Gasteiger partial charge is 0.493 e. The molecular formula is C31H32N4O4. The van der Waals surface area contributed by atoms with Gasteiger partial charge < -0.3 is 23.8 Å². The molecule has 200 valence electrons. The van der Waals surface area contributed by atoms with Crippen LogP contribution in [0.1, 0.15) is 23.2 Å². The number of hydrogen-bond acceptors (Lipinski definition) is 7. The molecule has 1 aromatic heterocycles. The number of hydrogen-bond donors (Lipinski definition) is 0. The van der Waals surface area contributed by atoms with Gasteiger partial charge in [-0.3, -0.25) is 0 Å². The van der Waals surface area contributed by atoms with Crippen molar-refractivity contribution < 1.29 is 18.9 Å². The van der Waals surface area contributed by atoms with Gasteiger partial charge in [-0.1, -0.05) is 23.4 Å². The van der Waals surface area contributed by atoms with Crippen LogP contribution in [0.3, 0.4) is 0 Å². The number of methoxy groups -OCH3 is 4. The van der Waals surface area contributed by atoms with Crippen LogP contribution in [0.2, 0.25) is 0 Å². The molecule has 1 aliphatic heterocycles. The van der Waals surface area contributed by atoms with E-state index >= 15 is 0 Å². The zero-order chi connectivity index (χ0) is 26.9. The van der Waals surface area contributed by atoms with E-state index in [9.17, 15) is 0 Å². The Morgan fingerprint density at radius 1 is 0.744 bits per heavy atom. The maximum atomic E-state index is 5.65. The number of nitrogens with zero attached hydrogens (tertiary/aromatic N) is 4. The second-order valence-electron chi connectivity index (χ2n) is 9.78. The Morgan fingerprint density at radius 2 is 1.41 bits per heavy atom. The molecule has 6 rings (SSSR count). The van der Waals surface area contributed by atoms with Crippen LogP contribution in [-0.4, -0.2) is 50.0 Å². The summed E-state index contributed by atoms with van der Waals surface area (Å²) in [6.45, 7) is 2.31. The van der Waals surface area contributed by atoms with Gasteiger partial charge in [0.25, 0.3) is 0 Å². The topological polar surface area (TPSA) is 70.9 Å². The molecule has 0 saturated heterocycles. The summed E-state index contributed by atoms with van der Waals surface area (Å²) in [6, 6.07) is 18.9. The lowest BCUT2D eigenvalue weighted by Gasteiger charge is -2.30. The number of para-hydroxylation sites is 1. The first-order chi connectivity index (χ1) is 19.1. The third-order valence-electron chi connectivity index (χ3n) is 7.52. The van der Waals surface area contributed by atoms with Crippen LogP contribution in [0.4, 0.5) is 5.69 Å². The second kappa shape index (κ2) is 10.4. The quantitative estimate of drug-likeness (QED) is 0.244. The summed E-state index contributed by atoms with van der Waals surface area (Å²) in [4.78, 5) is 2.40. The fraction of sp³-hybridized carbons (Fsp3) is 0.290. The predicted molar refractivity (Wildman–Crippen MR) is 153 cm³/mol. The summed E-state index contributed by atoms with van der Waals surface area (Å²) >= 11 is 0. The van der Waals surface area contributed by atoms with E-state index in [1.54, 1.807) is 28.4 Å². The third kappa shape index (κ3) is 4.56. The van der Waals surface area contributed by atoms with Crippen LogP contribution in [0.25, 0.3) is 21.5 Å². The van der Waals surface area contributed by atoms with Crippen molar-refractivity contribution >= 4 is 27.2 Å². The first-order valence-electron chi connectivity index (χ1n) is 13.1. The van der Waals surface area contributed by atoms with Crippen LogP contribution >= 0.6 is 0 Å². The van der Waals surface area contributed by atoms with Crippen molar-refractivity contribution in [1.29, 1.82) is 0 Å². The molecule has 39 heavy (non-hydrogen) atoms. The normalized spacial score (nSPS) is 13.0. The lowest BCUT2D eigenvalue weighted by Crippen LogP contribution is -2.28. The van der Waals surface area contributed by atoms with Crippen molar-refractivity contribution in [3.63, 3.8) is 0 Å². The highest BCUT2D eigenvalue weighted by atomic mass is 16.5. The van der Waals surface area contributed by atoms with Gasteiger partial charge in [-0.25, -0.2) is 4.68 Å². The van der Waals surface area contributed by atoms with Gasteiger partial charge in [0, 0.05) is 12.2 Å². The average molecular weight is 525 g/mol. The first kappa shape index (κ1) is 24.9. The second-order valence-corrected chi connectivity index (χ2v) is 9.78. The zero-order valence-electron chi connectivity index (χ0n) is 22.7. The average Bonchev–Trinajstić information content (AvgIpc) is 3.42. The first-order valence-corrected chi connectivity index (χ1v) is 13.1. The summed E-state index contributed by atoms with van der Waals surface area (Å²) in [5.41, 5.74) is 4.73. The van der Waals surface area contributed by atoms with Gasteiger partial charge in [-0.15, -0.1) is 5.10 Å². The monoisotopic (exact) mass is 524 g/mol. The molecule has 0 spiro atoms. The van der Waals surface area contributed by atoms with Gasteiger partial charge in [0.1, 0.15) is 5.69 Å². The van der Waals surface area contributed by atoms with Gasteiger partial charge in [0.05, 0.1) is 47.7 Å². The van der Waals surface area contributed by atoms with Gasteiger partial charge in [-0.05, 0) is 81.9 Å². The molecule has 0 unspecified atom stereocenters. The van der Waals surface area contributed by atoms with E-state index in [-0.39, 0.29) is 0 Å². The Hall–Kier alpha value is -4.46. The fourth-order valence-electron chi connectivity index (χ4n) is 5.65. The summed E-state index contributed by atoms with van der Waals surface area (Å²) in [7, 11) is 6.60. The molecule has 8 nitrogen and oxygen atoms in total. The SMILES string of the molecule is COc1cc2cc(Cn3cc(CN4CCCc5ccccc54)nn3)c3cc(OC)c(OC)cc3c2cc1OC. The maximum Gasteiger partial charge on any atom is 0.161 e. The van der Waals surface area contributed by atoms with Gasteiger partial charge in [0.2, 0.25) is 0 Å². The molecule has 0 N–H and O–H groups in total. The molecule has 0 aliphatic carbocycles. The summed E-state index contributed by atoms with van der Waals surface area (Å²) in [5.74, 6) is 2.70. The molecule has 0 bridgehead atoms.